The van der Waals surface area contributed by atoms with Crippen LogP contribution in [0.1, 0.15) is 13.8 Å². The van der Waals surface area contributed by atoms with Gasteiger partial charge in [-0.15, -0.1) is 0 Å². The van der Waals surface area contributed by atoms with Crippen molar-refractivity contribution in [2.45, 2.75) is 19.9 Å². The lowest BCUT2D eigenvalue weighted by molar-refractivity contribution is -0.145. The monoisotopic (exact) mass is 255 g/mol. The summed E-state index contributed by atoms with van der Waals surface area (Å²) in [5.41, 5.74) is 0.594. The number of hydrogen-bond donors (Lipinski definition) is 1. The quantitative estimate of drug-likeness (QED) is 0.821. The van der Waals surface area contributed by atoms with Crippen LogP contribution in [0.15, 0.2) is 18.2 Å². The minimum Gasteiger partial charge on any atom is -0.494 e. The summed E-state index contributed by atoms with van der Waals surface area (Å²) in [6, 6.07) is 4.40. The van der Waals surface area contributed by atoms with Gasteiger partial charge in [-0.25, -0.2) is 4.39 Å². The van der Waals surface area contributed by atoms with E-state index in [2.05, 4.69) is 10.1 Å². The van der Waals surface area contributed by atoms with Crippen molar-refractivity contribution in [3.63, 3.8) is 0 Å². The Balaban J connectivity index is 2.73. The fraction of sp³-hybridized carbons (Fsp3) is 0.462. The third kappa shape index (κ3) is 3.35. The molecule has 0 aliphatic rings. The zero-order valence-electron chi connectivity index (χ0n) is 11.0. The van der Waals surface area contributed by atoms with Crippen molar-refractivity contribution in [1.29, 1.82) is 0 Å². The van der Waals surface area contributed by atoms with Crippen LogP contribution in [0.2, 0.25) is 0 Å². The molecule has 2 atom stereocenters. The molecule has 0 amide bonds. The Morgan fingerprint density at radius 3 is 2.50 bits per heavy atom. The van der Waals surface area contributed by atoms with E-state index in [9.17, 15) is 9.18 Å². The molecule has 1 aromatic rings. The molecule has 0 bridgehead atoms. The maximum absolute atomic E-state index is 13.5. The van der Waals surface area contributed by atoms with Crippen molar-refractivity contribution in [1.82, 2.24) is 0 Å². The second-order valence-electron chi connectivity index (χ2n) is 4.09. The van der Waals surface area contributed by atoms with Crippen molar-refractivity contribution in [2.75, 3.05) is 19.5 Å². The van der Waals surface area contributed by atoms with E-state index in [0.29, 0.717) is 5.69 Å². The Kier molecular flexibility index (Phi) is 4.95. The van der Waals surface area contributed by atoms with Gasteiger partial charge in [0.05, 0.1) is 20.1 Å². The van der Waals surface area contributed by atoms with Gasteiger partial charge in [0.2, 0.25) is 0 Å². The predicted octanol–water partition coefficient (Wildman–Crippen LogP) is 2.44. The van der Waals surface area contributed by atoms with Crippen LogP contribution < -0.4 is 10.1 Å². The maximum atomic E-state index is 13.5. The summed E-state index contributed by atoms with van der Waals surface area (Å²) in [7, 11) is 2.76. The molecule has 0 radical (unpaired) electrons. The normalized spacial score (nSPS) is 13.6. The summed E-state index contributed by atoms with van der Waals surface area (Å²) in [5, 5.41) is 3.05. The van der Waals surface area contributed by atoms with Gasteiger partial charge < -0.3 is 14.8 Å². The van der Waals surface area contributed by atoms with E-state index in [0.717, 1.165) is 0 Å². The second kappa shape index (κ2) is 6.23. The fourth-order valence-corrected chi connectivity index (χ4v) is 1.53. The van der Waals surface area contributed by atoms with Crippen molar-refractivity contribution < 1.29 is 18.7 Å². The highest BCUT2D eigenvalue weighted by molar-refractivity contribution is 5.73. The minimum absolute atomic E-state index is 0.162. The van der Waals surface area contributed by atoms with Crippen LogP contribution in [0.4, 0.5) is 10.1 Å². The molecular formula is C13H18FNO3. The molecule has 0 aliphatic carbocycles. The SMILES string of the molecule is COC(=O)C(C)C(C)Nc1ccc(OC)c(F)c1. The molecule has 0 saturated carbocycles. The van der Waals surface area contributed by atoms with Crippen LogP contribution in [-0.4, -0.2) is 26.2 Å². The van der Waals surface area contributed by atoms with E-state index in [1.807, 2.05) is 6.92 Å². The average molecular weight is 255 g/mol. The molecule has 0 saturated heterocycles. The first-order chi connectivity index (χ1) is 8.49. The molecule has 0 spiro atoms. The molecule has 18 heavy (non-hydrogen) atoms. The standard InChI is InChI=1S/C13H18FNO3/c1-8(13(16)18-4)9(2)15-10-5-6-12(17-3)11(14)7-10/h5-9,15H,1-4H3. The van der Waals surface area contributed by atoms with Gasteiger partial charge in [0.25, 0.3) is 0 Å². The topological polar surface area (TPSA) is 47.6 Å². The van der Waals surface area contributed by atoms with Gasteiger partial charge in [-0.3, -0.25) is 4.79 Å². The smallest absolute Gasteiger partial charge is 0.310 e. The first-order valence-electron chi connectivity index (χ1n) is 5.67. The van der Waals surface area contributed by atoms with E-state index in [-0.39, 0.29) is 23.7 Å². The van der Waals surface area contributed by atoms with Crippen molar-refractivity contribution in [3.8, 4) is 5.75 Å². The van der Waals surface area contributed by atoms with Crippen molar-refractivity contribution >= 4 is 11.7 Å². The summed E-state index contributed by atoms with van der Waals surface area (Å²) >= 11 is 0. The van der Waals surface area contributed by atoms with Crippen molar-refractivity contribution in [3.05, 3.63) is 24.0 Å². The number of anilines is 1. The summed E-state index contributed by atoms with van der Waals surface area (Å²) in [6.45, 7) is 3.59. The van der Waals surface area contributed by atoms with E-state index in [1.165, 1.54) is 26.4 Å². The molecule has 0 heterocycles. The lowest BCUT2D eigenvalue weighted by atomic mass is 10.0. The third-order valence-corrected chi connectivity index (χ3v) is 2.87. The van der Waals surface area contributed by atoms with Crippen molar-refractivity contribution in [2.24, 2.45) is 5.92 Å². The molecule has 5 heteroatoms. The molecule has 0 aromatic heterocycles. The number of ether oxygens (including phenoxy) is 2. The molecule has 1 rings (SSSR count). The second-order valence-corrected chi connectivity index (χ2v) is 4.09. The molecule has 0 fully saturated rings. The molecular weight excluding hydrogens is 237 g/mol. The third-order valence-electron chi connectivity index (χ3n) is 2.87. The Labute approximate surface area is 106 Å². The number of nitrogens with one attached hydrogen (secondary N) is 1. The summed E-state index contributed by atoms with van der Waals surface area (Å²) < 4.78 is 23.0. The number of halogens is 1. The summed E-state index contributed by atoms with van der Waals surface area (Å²) in [5.74, 6) is -0.876. The minimum atomic E-state index is -0.444. The zero-order chi connectivity index (χ0) is 13.7. The Bertz CT molecular complexity index is 423. The first kappa shape index (κ1) is 14.3. The number of rotatable bonds is 5. The predicted molar refractivity (Wildman–Crippen MR) is 67.2 cm³/mol. The molecule has 2 unspecified atom stereocenters. The fourth-order valence-electron chi connectivity index (χ4n) is 1.53. The summed E-state index contributed by atoms with van der Waals surface area (Å²) in [6.07, 6.45) is 0. The number of methoxy groups -OCH3 is 2. The van der Waals surface area contributed by atoms with E-state index < -0.39 is 5.82 Å². The first-order valence-corrected chi connectivity index (χ1v) is 5.67. The highest BCUT2D eigenvalue weighted by Gasteiger charge is 2.20. The van der Waals surface area contributed by atoms with Gasteiger partial charge in [0, 0.05) is 17.8 Å². The van der Waals surface area contributed by atoms with Gasteiger partial charge in [-0.2, -0.15) is 0 Å². The van der Waals surface area contributed by atoms with Crippen LogP contribution in [0.5, 0.6) is 5.75 Å². The highest BCUT2D eigenvalue weighted by atomic mass is 19.1. The lowest BCUT2D eigenvalue weighted by Crippen LogP contribution is -2.30. The van der Waals surface area contributed by atoms with Crippen LogP contribution in [0.3, 0.4) is 0 Å². The summed E-state index contributed by atoms with van der Waals surface area (Å²) in [4.78, 5) is 11.4. The van der Waals surface area contributed by atoms with Gasteiger partial charge in [0.1, 0.15) is 0 Å². The average Bonchev–Trinajstić information content (AvgIpc) is 2.37. The van der Waals surface area contributed by atoms with E-state index in [4.69, 9.17) is 4.74 Å². The molecule has 0 aliphatic heterocycles. The van der Waals surface area contributed by atoms with Gasteiger partial charge in [-0.1, -0.05) is 0 Å². The highest BCUT2D eigenvalue weighted by Crippen LogP contribution is 2.22. The van der Waals surface area contributed by atoms with Gasteiger partial charge in [-0.05, 0) is 26.0 Å². The van der Waals surface area contributed by atoms with Crippen LogP contribution >= 0.6 is 0 Å². The van der Waals surface area contributed by atoms with Crippen LogP contribution in [0, 0.1) is 11.7 Å². The Morgan fingerprint density at radius 1 is 1.33 bits per heavy atom. The van der Waals surface area contributed by atoms with Gasteiger partial charge in [0.15, 0.2) is 11.6 Å². The number of carbonyl (C=O) groups excluding carboxylic acids is 1. The Hall–Kier alpha value is -1.78. The molecule has 4 nitrogen and oxygen atoms in total. The van der Waals surface area contributed by atoms with Crippen LogP contribution in [-0.2, 0) is 9.53 Å². The number of esters is 1. The van der Waals surface area contributed by atoms with Gasteiger partial charge >= 0.3 is 5.97 Å². The number of benzene rings is 1. The van der Waals surface area contributed by atoms with E-state index in [1.54, 1.807) is 13.0 Å². The largest absolute Gasteiger partial charge is 0.494 e. The number of hydrogen-bond acceptors (Lipinski definition) is 4. The number of carbonyl (C=O) groups is 1. The lowest BCUT2D eigenvalue weighted by Gasteiger charge is -2.20. The van der Waals surface area contributed by atoms with E-state index >= 15 is 0 Å². The Morgan fingerprint density at radius 2 is 2.00 bits per heavy atom. The molecule has 1 aromatic carbocycles. The maximum Gasteiger partial charge on any atom is 0.310 e. The van der Waals surface area contributed by atoms with Crippen LogP contribution in [0.25, 0.3) is 0 Å². The molecule has 1 N–H and O–H groups in total. The zero-order valence-corrected chi connectivity index (χ0v) is 11.0. The molecule has 100 valence electrons.